The molecule has 13 heavy (non-hydrogen) atoms. The molecule has 1 aromatic heterocycles. The second kappa shape index (κ2) is 4.65. The first-order chi connectivity index (χ1) is 6.20. The summed E-state index contributed by atoms with van der Waals surface area (Å²) < 4.78 is 0. The van der Waals surface area contributed by atoms with Crippen molar-refractivity contribution in [1.82, 2.24) is 4.98 Å². The molecule has 0 saturated carbocycles. The van der Waals surface area contributed by atoms with Crippen LogP contribution >= 0.6 is 0 Å². The maximum atomic E-state index is 3.98. The van der Waals surface area contributed by atoms with Crippen LogP contribution in [0.4, 0.5) is 5.69 Å². The van der Waals surface area contributed by atoms with Crippen molar-refractivity contribution in [2.45, 2.75) is 13.3 Å². The van der Waals surface area contributed by atoms with E-state index in [9.17, 15) is 0 Å². The third kappa shape index (κ3) is 3.28. The Morgan fingerprint density at radius 3 is 2.62 bits per heavy atom. The highest BCUT2D eigenvalue weighted by Crippen LogP contribution is 2.10. The zero-order chi connectivity index (χ0) is 9.68. The van der Waals surface area contributed by atoms with Crippen molar-refractivity contribution in [3.63, 3.8) is 0 Å². The van der Waals surface area contributed by atoms with Gasteiger partial charge in [0.2, 0.25) is 0 Å². The molecule has 0 N–H and O–H groups in total. The summed E-state index contributed by atoms with van der Waals surface area (Å²) in [5, 5.41) is 0. The molecule has 0 aliphatic carbocycles. The van der Waals surface area contributed by atoms with Gasteiger partial charge in [-0.15, -0.1) is 6.58 Å². The van der Waals surface area contributed by atoms with Gasteiger partial charge in [-0.1, -0.05) is 5.57 Å². The van der Waals surface area contributed by atoms with E-state index < -0.39 is 0 Å². The van der Waals surface area contributed by atoms with Crippen LogP contribution < -0.4 is 4.90 Å². The van der Waals surface area contributed by atoms with E-state index in [0.29, 0.717) is 0 Å². The number of anilines is 1. The van der Waals surface area contributed by atoms with E-state index in [1.165, 1.54) is 11.3 Å². The smallest absolute Gasteiger partial charge is 0.0394 e. The first-order valence-electron chi connectivity index (χ1n) is 4.45. The number of rotatable bonds is 4. The molecule has 1 rings (SSSR count). The molecule has 70 valence electrons. The van der Waals surface area contributed by atoms with Gasteiger partial charge in [-0.3, -0.25) is 4.98 Å². The maximum Gasteiger partial charge on any atom is 0.0394 e. The molecule has 2 heteroatoms. The largest absolute Gasteiger partial charge is 0.374 e. The van der Waals surface area contributed by atoms with Crippen LogP contribution in [0.15, 0.2) is 36.7 Å². The number of pyridine rings is 1. The predicted molar refractivity (Wildman–Crippen MR) is 56.9 cm³/mol. The third-order valence-electron chi connectivity index (χ3n) is 1.98. The molecule has 0 unspecified atom stereocenters. The van der Waals surface area contributed by atoms with Crippen molar-refractivity contribution >= 4 is 5.69 Å². The molecular formula is C11H16N2. The SMILES string of the molecule is C=C(C)CCN(C)c1ccncc1. The molecule has 1 aromatic rings. The average Bonchev–Trinajstić information content (AvgIpc) is 2.15. The van der Waals surface area contributed by atoms with Gasteiger partial charge in [-0.05, 0) is 25.5 Å². The highest BCUT2D eigenvalue weighted by Gasteiger charge is 1.98. The lowest BCUT2D eigenvalue weighted by molar-refractivity contribution is 0.868. The Hall–Kier alpha value is -1.31. The highest BCUT2D eigenvalue weighted by molar-refractivity contribution is 5.43. The summed E-state index contributed by atoms with van der Waals surface area (Å²) in [5.41, 5.74) is 2.43. The third-order valence-corrected chi connectivity index (χ3v) is 1.98. The molecule has 0 spiro atoms. The number of hydrogen-bond donors (Lipinski definition) is 0. The second-order valence-electron chi connectivity index (χ2n) is 3.33. The lowest BCUT2D eigenvalue weighted by Crippen LogP contribution is -2.18. The minimum atomic E-state index is 1.01. The summed E-state index contributed by atoms with van der Waals surface area (Å²) >= 11 is 0. The summed E-state index contributed by atoms with van der Waals surface area (Å²) in [7, 11) is 2.08. The molecule has 0 saturated heterocycles. The van der Waals surface area contributed by atoms with Gasteiger partial charge in [-0.2, -0.15) is 0 Å². The number of hydrogen-bond acceptors (Lipinski definition) is 2. The fourth-order valence-corrected chi connectivity index (χ4v) is 1.09. The normalized spacial score (nSPS) is 9.69. The quantitative estimate of drug-likeness (QED) is 0.655. The topological polar surface area (TPSA) is 16.1 Å². The van der Waals surface area contributed by atoms with Crippen molar-refractivity contribution in [3.05, 3.63) is 36.7 Å². The Morgan fingerprint density at radius 2 is 2.08 bits per heavy atom. The van der Waals surface area contributed by atoms with Gasteiger partial charge in [0, 0.05) is 31.7 Å². The van der Waals surface area contributed by atoms with E-state index in [1.807, 2.05) is 24.5 Å². The minimum Gasteiger partial charge on any atom is -0.374 e. The maximum absolute atomic E-state index is 3.98. The van der Waals surface area contributed by atoms with Crippen molar-refractivity contribution in [1.29, 1.82) is 0 Å². The van der Waals surface area contributed by atoms with Crippen LogP contribution in [-0.2, 0) is 0 Å². The van der Waals surface area contributed by atoms with Gasteiger partial charge in [0.25, 0.3) is 0 Å². The van der Waals surface area contributed by atoms with Gasteiger partial charge < -0.3 is 4.90 Å². The molecular weight excluding hydrogens is 160 g/mol. The monoisotopic (exact) mass is 176 g/mol. The van der Waals surface area contributed by atoms with E-state index in [4.69, 9.17) is 0 Å². The lowest BCUT2D eigenvalue weighted by atomic mass is 10.2. The number of nitrogens with zero attached hydrogens (tertiary/aromatic N) is 2. The van der Waals surface area contributed by atoms with Crippen LogP contribution in [0.2, 0.25) is 0 Å². The Balaban J connectivity index is 2.49. The lowest BCUT2D eigenvalue weighted by Gasteiger charge is -2.18. The molecule has 0 aliphatic rings. The Labute approximate surface area is 79.9 Å². The van der Waals surface area contributed by atoms with Gasteiger partial charge in [0.05, 0.1) is 0 Å². The molecule has 0 aromatic carbocycles. The van der Waals surface area contributed by atoms with E-state index in [-0.39, 0.29) is 0 Å². The van der Waals surface area contributed by atoms with E-state index in [1.54, 1.807) is 0 Å². The standard InChI is InChI=1S/C11H16N2/c1-10(2)6-9-13(3)11-4-7-12-8-5-11/h4-5,7-8H,1,6,9H2,2-3H3. The predicted octanol–water partition coefficient (Wildman–Crippen LogP) is 2.48. The van der Waals surface area contributed by atoms with Crippen LogP contribution in [-0.4, -0.2) is 18.6 Å². The summed E-state index contributed by atoms with van der Waals surface area (Å²) in [6.07, 6.45) is 4.66. The van der Waals surface area contributed by atoms with Crippen LogP contribution in [0.5, 0.6) is 0 Å². The van der Waals surface area contributed by atoms with Crippen molar-refractivity contribution in [2.75, 3.05) is 18.5 Å². The van der Waals surface area contributed by atoms with Crippen molar-refractivity contribution < 1.29 is 0 Å². The first kappa shape index (κ1) is 9.78. The van der Waals surface area contributed by atoms with Gasteiger partial charge in [0.1, 0.15) is 0 Å². The second-order valence-corrected chi connectivity index (χ2v) is 3.33. The van der Waals surface area contributed by atoms with Crippen LogP contribution in [0.25, 0.3) is 0 Å². The van der Waals surface area contributed by atoms with E-state index in [2.05, 4.69) is 30.4 Å². The Morgan fingerprint density at radius 1 is 1.46 bits per heavy atom. The van der Waals surface area contributed by atoms with Crippen molar-refractivity contribution in [3.8, 4) is 0 Å². The Kier molecular flexibility index (Phi) is 3.50. The summed E-state index contributed by atoms with van der Waals surface area (Å²) in [6.45, 7) is 6.95. The molecule has 0 fully saturated rings. The molecule has 0 amide bonds. The number of aromatic nitrogens is 1. The summed E-state index contributed by atoms with van der Waals surface area (Å²) in [5.74, 6) is 0. The van der Waals surface area contributed by atoms with E-state index in [0.717, 1.165) is 13.0 Å². The molecule has 0 atom stereocenters. The van der Waals surface area contributed by atoms with Crippen molar-refractivity contribution in [2.24, 2.45) is 0 Å². The van der Waals surface area contributed by atoms with Gasteiger partial charge >= 0.3 is 0 Å². The van der Waals surface area contributed by atoms with E-state index >= 15 is 0 Å². The zero-order valence-electron chi connectivity index (χ0n) is 8.33. The molecule has 1 heterocycles. The summed E-state index contributed by atoms with van der Waals surface area (Å²) in [6, 6.07) is 4.02. The first-order valence-corrected chi connectivity index (χ1v) is 4.45. The molecule has 2 nitrogen and oxygen atoms in total. The molecule has 0 radical (unpaired) electrons. The average molecular weight is 176 g/mol. The van der Waals surface area contributed by atoms with Crippen LogP contribution in [0.3, 0.4) is 0 Å². The molecule has 0 bridgehead atoms. The Bertz CT molecular complexity index is 267. The molecule has 0 aliphatic heterocycles. The zero-order valence-corrected chi connectivity index (χ0v) is 8.33. The fraction of sp³-hybridized carbons (Fsp3) is 0.364. The summed E-state index contributed by atoms with van der Waals surface area (Å²) in [4.78, 5) is 6.18. The van der Waals surface area contributed by atoms with Gasteiger partial charge in [-0.25, -0.2) is 0 Å². The fourth-order valence-electron chi connectivity index (χ4n) is 1.09. The van der Waals surface area contributed by atoms with Crippen LogP contribution in [0.1, 0.15) is 13.3 Å². The minimum absolute atomic E-state index is 1.01. The highest BCUT2D eigenvalue weighted by atomic mass is 15.1. The van der Waals surface area contributed by atoms with Gasteiger partial charge in [0.15, 0.2) is 0 Å². The van der Waals surface area contributed by atoms with Crippen LogP contribution in [0, 0.1) is 0 Å².